The highest BCUT2D eigenvalue weighted by Gasteiger charge is 2.11. The van der Waals surface area contributed by atoms with Crippen LogP contribution >= 0.6 is 0 Å². The minimum atomic E-state index is -0.455. The van der Waals surface area contributed by atoms with Gasteiger partial charge in [0.1, 0.15) is 6.26 Å². The van der Waals surface area contributed by atoms with E-state index >= 15 is 0 Å². The van der Waals surface area contributed by atoms with E-state index in [4.69, 9.17) is 4.42 Å². The van der Waals surface area contributed by atoms with Crippen molar-refractivity contribution in [1.82, 2.24) is 20.6 Å². The van der Waals surface area contributed by atoms with Crippen LogP contribution in [-0.4, -0.2) is 21.6 Å². The number of nitrogens with zero attached hydrogens (tertiary/aromatic N) is 2. The van der Waals surface area contributed by atoms with Crippen LogP contribution in [-0.2, 0) is 6.54 Å². The maximum absolute atomic E-state index is 12.0. The summed E-state index contributed by atoms with van der Waals surface area (Å²) in [5, 5.41) is 4.14. The lowest BCUT2D eigenvalue weighted by molar-refractivity contribution is 0.0846. The van der Waals surface area contributed by atoms with Crippen LogP contribution in [0.2, 0.25) is 0 Å². The lowest BCUT2D eigenvalue weighted by Crippen LogP contribution is -2.41. The molecule has 2 aromatic heterocycles. The summed E-state index contributed by atoms with van der Waals surface area (Å²) < 4.78 is 6.46. The monoisotopic (exact) mass is 310 g/mol. The largest absolute Gasteiger partial charge is 0.472 e. The van der Waals surface area contributed by atoms with Crippen LogP contribution in [0.3, 0.4) is 0 Å². The second kappa shape index (κ2) is 6.61. The SMILES string of the molecule is O=C(NNC(=O)c1cnn(Cc2ccccc2)c1)c1ccoc1. The summed E-state index contributed by atoms with van der Waals surface area (Å²) in [6, 6.07) is 11.3. The van der Waals surface area contributed by atoms with Crippen molar-refractivity contribution >= 4 is 11.8 Å². The molecule has 7 nitrogen and oxygen atoms in total. The van der Waals surface area contributed by atoms with Crippen molar-refractivity contribution in [2.45, 2.75) is 6.54 Å². The van der Waals surface area contributed by atoms with Crippen LogP contribution in [0.15, 0.2) is 65.7 Å². The zero-order chi connectivity index (χ0) is 16.1. The molecule has 0 aliphatic rings. The molecular formula is C16H14N4O3. The van der Waals surface area contributed by atoms with Crippen molar-refractivity contribution in [3.8, 4) is 0 Å². The van der Waals surface area contributed by atoms with Crippen LogP contribution in [0.25, 0.3) is 0 Å². The zero-order valence-electron chi connectivity index (χ0n) is 12.1. The summed E-state index contributed by atoms with van der Waals surface area (Å²) in [4.78, 5) is 23.7. The van der Waals surface area contributed by atoms with Crippen LogP contribution in [0.4, 0.5) is 0 Å². The summed E-state index contributed by atoms with van der Waals surface area (Å²) in [6.07, 6.45) is 5.73. The molecule has 2 N–H and O–H groups in total. The summed E-state index contributed by atoms with van der Waals surface area (Å²) >= 11 is 0. The molecule has 0 fully saturated rings. The van der Waals surface area contributed by atoms with Crippen molar-refractivity contribution in [2.24, 2.45) is 0 Å². The van der Waals surface area contributed by atoms with Crippen molar-refractivity contribution in [2.75, 3.05) is 0 Å². The Balaban J connectivity index is 1.57. The molecule has 0 bridgehead atoms. The number of hydrogen-bond donors (Lipinski definition) is 2. The molecule has 0 atom stereocenters. The van der Waals surface area contributed by atoms with Gasteiger partial charge >= 0.3 is 0 Å². The molecule has 1 aromatic carbocycles. The molecule has 3 aromatic rings. The van der Waals surface area contributed by atoms with Gasteiger partial charge in [0.2, 0.25) is 0 Å². The van der Waals surface area contributed by atoms with E-state index in [9.17, 15) is 9.59 Å². The van der Waals surface area contributed by atoms with Crippen molar-refractivity contribution < 1.29 is 14.0 Å². The van der Waals surface area contributed by atoms with Crippen LogP contribution in [0.5, 0.6) is 0 Å². The third-order valence-corrected chi connectivity index (χ3v) is 3.16. The number of rotatable bonds is 4. The van der Waals surface area contributed by atoms with Gasteiger partial charge in [0.05, 0.1) is 30.1 Å². The number of hydrazine groups is 1. The zero-order valence-corrected chi connectivity index (χ0v) is 12.1. The number of hydrogen-bond acceptors (Lipinski definition) is 4. The topological polar surface area (TPSA) is 89.2 Å². The van der Waals surface area contributed by atoms with Crippen LogP contribution < -0.4 is 10.9 Å². The first-order chi connectivity index (χ1) is 11.2. The Hall–Kier alpha value is -3.35. The van der Waals surface area contributed by atoms with Gasteiger partial charge < -0.3 is 4.42 Å². The lowest BCUT2D eigenvalue weighted by Gasteiger charge is -2.04. The Bertz CT molecular complexity index is 794. The van der Waals surface area contributed by atoms with Gasteiger partial charge in [0.15, 0.2) is 0 Å². The molecule has 23 heavy (non-hydrogen) atoms. The second-order valence-corrected chi connectivity index (χ2v) is 4.83. The Kier molecular flexibility index (Phi) is 4.19. The quantitative estimate of drug-likeness (QED) is 0.716. The van der Waals surface area contributed by atoms with Crippen molar-refractivity contribution in [1.29, 1.82) is 0 Å². The molecule has 0 saturated heterocycles. The van der Waals surface area contributed by atoms with Gasteiger partial charge in [0, 0.05) is 6.20 Å². The maximum Gasteiger partial charge on any atom is 0.272 e. The normalized spacial score (nSPS) is 10.3. The van der Waals surface area contributed by atoms with E-state index < -0.39 is 11.8 Å². The smallest absolute Gasteiger partial charge is 0.272 e. The van der Waals surface area contributed by atoms with Gasteiger partial charge in [-0.1, -0.05) is 30.3 Å². The first kappa shape index (κ1) is 14.6. The second-order valence-electron chi connectivity index (χ2n) is 4.83. The standard InChI is InChI=1S/C16H14N4O3/c21-15(13-6-7-23-11-13)18-19-16(22)14-8-17-20(10-14)9-12-4-2-1-3-5-12/h1-8,10-11H,9H2,(H,18,21)(H,19,22). The maximum atomic E-state index is 12.0. The van der Waals surface area contributed by atoms with Gasteiger partial charge in [-0.15, -0.1) is 0 Å². The average Bonchev–Trinajstić information content (AvgIpc) is 3.25. The van der Waals surface area contributed by atoms with Crippen LogP contribution in [0, 0.1) is 0 Å². The fourth-order valence-electron chi connectivity index (χ4n) is 1.99. The minimum Gasteiger partial charge on any atom is -0.472 e. The number of carbonyl (C=O) groups is 2. The fourth-order valence-corrected chi connectivity index (χ4v) is 1.99. The molecule has 116 valence electrons. The summed E-state index contributed by atoms with van der Waals surface area (Å²) in [5.41, 5.74) is 6.40. The molecule has 0 aliphatic heterocycles. The third-order valence-electron chi connectivity index (χ3n) is 3.16. The summed E-state index contributed by atoms with van der Waals surface area (Å²) in [6.45, 7) is 0.565. The van der Waals surface area contributed by atoms with Gasteiger partial charge in [-0.05, 0) is 11.6 Å². The Labute approximate surface area is 131 Å². The van der Waals surface area contributed by atoms with Gasteiger partial charge in [-0.3, -0.25) is 25.1 Å². The Morgan fingerprint density at radius 1 is 1.04 bits per heavy atom. The first-order valence-electron chi connectivity index (χ1n) is 6.91. The highest BCUT2D eigenvalue weighted by Crippen LogP contribution is 2.04. The van der Waals surface area contributed by atoms with Crippen LogP contribution in [0.1, 0.15) is 26.3 Å². The number of nitrogens with one attached hydrogen (secondary N) is 2. The summed E-state index contributed by atoms with van der Waals surface area (Å²) in [7, 11) is 0. The number of amides is 2. The molecular weight excluding hydrogens is 296 g/mol. The van der Waals surface area contributed by atoms with E-state index in [1.165, 1.54) is 24.8 Å². The highest BCUT2D eigenvalue weighted by molar-refractivity contribution is 5.98. The van der Waals surface area contributed by atoms with Gasteiger partial charge in [-0.2, -0.15) is 5.10 Å². The summed E-state index contributed by atoms with van der Waals surface area (Å²) in [5.74, 6) is -0.898. The molecule has 0 saturated carbocycles. The van der Waals surface area contributed by atoms with Gasteiger partial charge in [-0.25, -0.2) is 0 Å². The Morgan fingerprint density at radius 2 is 1.78 bits per heavy atom. The molecule has 0 unspecified atom stereocenters. The van der Waals surface area contributed by atoms with Gasteiger partial charge in [0.25, 0.3) is 11.8 Å². The highest BCUT2D eigenvalue weighted by atomic mass is 16.3. The van der Waals surface area contributed by atoms with E-state index in [2.05, 4.69) is 16.0 Å². The molecule has 0 radical (unpaired) electrons. The number of furan rings is 1. The van der Waals surface area contributed by atoms with E-state index in [0.717, 1.165) is 5.56 Å². The lowest BCUT2D eigenvalue weighted by atomic mass is 10.2. The third kappa shape index (κ3) is 3.65. The van der Waals surface area contributed by atoms with E-state index in [1.54, 1.807) is 10.9 Å². The van der Waals surface area contributed by atoms with Crippen molar-refractivity contribution in [3.05, 3.63) is 78.0 Å². The number of aromatic nitrogens is 2. The first-order valence-corrected chi connectivity index (χ1v) is 6.91. The molecule has 0 spiro atoms. The molecule has 2 heterocycles. The predicted molar refractivity (Wildman–Crippen MR) is 81.4 cm³/mol. The van der Waals surface area contributed by atoms with E-state index in [1.807, 2.05) is 30.3 Å². The van der Waals surface area contributed by atoms with Crippen molar-refractivity contribution in [3.63, 3.8) is 0 Å². The molecule has 2 amide bonds. The Morgan fingerprint density at radius 3 is 2.48 bits per heavy atom. The number of benzene rings is 1. The average molecular weight is 310 g/mol. The fraction of sp³-hybridized carbons (Fsp3) is 0.0625. The predicted octanol–water partition coefficient (Wildman–Crippen LogP) is 1.60. The number of carbonyl (C=O) groups excluding carboxylic acids is 2. The van der Waals surface area contributed by atoms with E-state index in [-0.39, 0.29) is 0 Å². The minimum absolute atomic E-state index is 0.324. The van der Waals surface area contributed by atoms with E-state index in [0.29, 0.717) is 17.7 Å². The molecule has 3 rings (SSSR count). The molecule has 0 aliphatic carbocycles. The molecule has 7 heteroatoms.